The van der Waals surface area contributed by atoms with Gasteiger partial charge < -0.3 is 10.6 Å². The van der Waals surface area contributed by atoms with Crippen LogP contribution in [-0.2, 0) is 4.79 Å². The highest BCUT2D eigenvalue weighted by atomic mass is 19.1. The number of hydrogen-bond donors (Lipinski definition) is 2. The Labute approximate surface area is 170 Å². The van der Waals surface area contributed by atoms with Crippen molar-refractivity contribution >= 4 is 11.6 Å². The molecule has 2 N–H and O–H groups in total. The Hall–Kier alpha value is -3.65. The second-order valence-electron chi connectivity index (χ2n) is 6.63. The molecule has 1 amide bonds. The van der Waals surface area contributed by atoms with Crippen LogP contribution in [0.4, 0.5) is 10.1 Å². The Balaban J connectivity index is 1.57. The zero-order chi connectivity index (χ0) is 20.5. The van der Waals surface area contributed by atoms with Gasteiger partial charge in [0.1, 0.15) is 17.4 Å². The summed E-state index contributed by atoms with van der Waals surface area (Å²) in [5.41, 5.74) is 2.58. The molecule has 0 radical (unpaired) electrons. The van der Waals surface area contributed by atoms with E-state index in [0.717, 1.165) is 11.1 Å². The van der Waals surface area contributed by atoms with Crippen LogP contribution in [0.2, 0.25) is 0 Å². The smallest absolute Gasteiger partial charge is 0.221 e. The summed E-state index contributed by atoms with van der Waals surface area (Å²) in [5.74, 6) is -0.655. The molecule has 0 fully saturated rings. The molecule has 0 saturated heterocycles. The van der Waals surface area contributed by atoms with Crippen LogP contribution in [0.15, 0.2) is 78.9 Å². The number of nitriles is 1. The van der Waals surface area contributed by atoms with Crippen molar-refractivity contribution < 1.29 is 9.18 Å². The minimum Gasteiger partial charge on any atom is -0.382 e. The van der Waals surface area contributed by atoms with E-state index in [1.165, 1.54) is 6.07 Å². The van der Waals surface area contributed by atoms with Crippen molar-refractivity contribution in [2.45, 2.75) is 12.3 Å². The third-order valence-electron chi connectivity index (χ3n) is 4.68. The van der Waals surface area contributed by atoms with E-state index >= 15 is 0 Å². The van der Waals surface area contributed by atoms with Crippen LogP contribution in [0.5, 0.6) is 0 Å². The highest BCUT2D eigenvalue weighted by molar-refractivity contribution is 5.77. The summed E-state index contributed by atoms with van der Waals surface area (Å²) in [6, 6.07) is 26.2. The molecule has 0 atom stereocenters. The van der Waals surface area contributed by atoms with Gasteiger partial charge in [0.15, 0.2) is 0 Å². The Morgan fingerprint density at radius 1 is 0.897 bits per heavy atom. The molecule has 29 heavy (non-hydrogen) atoms. The minimum atomic E-state index is -0.560. The maximum atomic E-state index is 13.6. The number of nitrogens with zero attached hydrogens (tertiary/aromatic N) is 1. The van der Waals surface area contributed by atoms with E-state index in [-0.39, 0.29) is 17.4 Å². The molecule has 3 aromatic rings. The molecule has 0 spiro atoms. The Morgan fingerprint density at radius 2 is 1.52 bits per heavy atom. The topological polar surface area (TPSA) is 64.9 Å². The van der Waals surface area contributed by atoms with Gasteiger partial charge in [0.25, 0.3) is 0 Å². The van der Waals surface area contributed by atoms with Gasteiger partial charge in [-0.25, -0.2) is 4.39 Å². The van der Waals surface area contributed by atoms with Crippen molar-refractivity contribution in [2.24, 2.45) is 0 Å². The lowest BCUT2D eigenvalue weighted by molar-refractivity contribution is -0.121. The van der Waals surface area contributed by atoms with Crippen molar-refractivity contribution in [3.63, 3.8) is 0 Å². The molecular formula is C24H22FN3O. The second kappa shape index (κ2) is 10.0. The van der Waals surface area contributed by atoms with Crippen molar-refractivity contribution in [1.29, 1.82) is 5.26 Å². The van der Waals surface area contributed by atoms with Gasteiger partial charge >= 0.3 is 0 Å². The molecule has 3 aromatic carbocycles. The lowest BCUT2D eigenvalue weighted by atomic mass is 9.88. The normalized spacial score (nSPS) is 10.4. The largest absolute Gasteiger partial charge is 0.382 e. The Kier molecular flexibility index (Phi) is 6.96. The number of anilines is 1. The third-order valence-corrected chi connectivity index (χ3v) is 4.68. The van der Waals surface area contributed by atoms with Crippen LogP contribution in [0.25, 0.3) is 0 Å². The summed E-state index contributed by atoms with van der Waals surface area (Å²) in [5, 5.41) is 15.0. The van der Waals surface area contributed by atoms with E-state index in [2.05, 4.69) is 10.6 Å². The predicted octanol–water partition coefficient (Wildman–Crippen LogP) is 4.45. The van der Waals surface area contributed by atoms with Gasteiger partial charge in [-0.2, -0.15) is 5.26 Å². The van der Waals surface area contributed by atoms with Gasteiger partial charge in [-0.1, -0.05) is 66.7 Å². The predicted molar refractivity (Wildman–Crippen MR) is 112 cm³/mol. The molecule has 0 aliphatic carbocycles. The van der Waals surface area contributed by atoms with Gasteiger partial charge in [-0.05, 0) is 23.3 Å². The number of carbonyl (C=O) groups excluding carboxylic acids is 1. The van der Waals surface area contributed by atoms with E-state index in [0.29, 0.717) is 25.2 Å². The maximum absolute atomic E-state index is 13.6. The van der Waals surface area contributed by atoms with Gasteiger partial charge in [-0.15, -0.1) is 0 Å². The van der Waals surface area contributed by atoms with Gasteiger partial charge in [0.05, 0.1) is 5.69 Å². The monoisotopic (exact) mass is 387 g/mol. The van der Waals surface area contributed by atoms with Crippen molar-refractivity contribution in [3.8, 4) is 6.07 Å². The fourth-order valence-corrected chi connectivity index (χ4v) is 3.24. The lowest BCUT2D eigenvalue weighted by Gasteiger charge is -2.18. The SMILES string of the molecule is N#Cc1c(F)cccc1NCCNC(=O)CC(c1ccccc1)c1ccccc1. The molecule has 4 nitrogen and oxygen atoms in total. The number of hydrogen-bond acceptors (Lipinski definition) is 3. The number of benzene rings is 3. The quantitative estimate of drug-likeness (QED) is 0.562. The Bertz CT molecular complexity index is 945. The first-order valence-corrected chi connectivity index (χ1v) is 9.48. The standard InChI is InChI=1S/C24H22FN3O/c25-22-12-7-13-23(21(22)17-26)27-14-15-28-24(29)16-20(18-8-3-1-4-9-18)19-10-5-2-6-11-19/h1-13,20,27H,14-16H2,(H,28,29). The summed E-state index contributed by atoms with van der Waals surface area (Å²) in [6.45, 7) is 0.766. The molecule has 0 heterocycles. The van der Waals surface area contributed by atoms with E-state index in [1.54, 1.807) is 12.1 Å². The molecule has 0 aromatic heterocycles. The molecule has 5 heteroatoms. The summed E-state index contributed by atoms with van der Waals surface area (Å²) in [6.07, 6.45) is 0.331. The van der Waals surface area contributed by atoms with Crippen molar-refractivity contribution in [1.82, 2.24) is 5.32 Å². The fraction of sp³-hybridized carbons (Fsp3) is 0.167. The fourth-order valence-electron chi connectivity index (χ4n) is 3.24. The average Bonchev–Trinajstić information content (AvgIpc) is 2.76. The minimum absolute atomic E-state index is 0.0213. The van der Waals surface area contributed by atoms with Crippen molar-refractivity contribution in [3.05, 3.63) is 101 Å². The summed E-state index contributed by atoms with van der Waals surface area (Å²) >= 11 is 0. The molecular weight excluding hydrogens is 365 g/mol. The summed E-state index contributed by atoms with van der Waals surface area (Å²) < 4.78 is 13.6. The van der Waals surface area contributed by atoms with E-state index in [1.807, 2.05) is 66.7 Å². The molecule has 0 unspecified atom stereocenters. The molecule has 0 bridgehead atoms. The van der Waals surface area contributed by atoms with Gasteiger partial charge in [-0.3, -0.25) is 4.79 Å². The van der Waals surface area contributed by atoms with Crippen molar-refractivity contribution in [2.75, 3.05) is 18.4 Å². The summed E-state index contributed by atoms with van der Waals surface area (Å²) in [7, 11) is 0. The second-order valence-corrected chi connectivity index (χ2v) is 6.63. The highest BCUT2D eigenvalue weighted by Crippen LogP contribution is 2.27. The lowest BCUT2D eigenvalue weighted by Crippen LogP contribution is -2.30. The first kappa shape index (κ1) is 20.1. The first-order chi connectivity index (χ1) is 14.2. The summed E-state index contributed by atoms with van der Waals surface area (Å²) in [4.78, 5) is 12.5. The molecule has 0 aliphatic heterocycles. The highest BCUT2D eigenvalue weighted by Gasteiger charge is 2.17. The van der Waals surface area contributed by atoms with Crippen LogP contribution >= 0.6 is 0 Å². The van der Waals surface area contributed by atoms with Crippen LogP contribution in [0.1, 0.15) is 29.0 Å². The average molecular weight is 387 g/mol. The molecule has 0 aliphatic rings. The first-order valence-electron chi connectivity index (χ1n) is 9.48. The van der Waals surface area contributed by atoms with E-state index < -0.39 is 5.82 Å². The zero-order valence-electron chi connectivity index (χ0n) is 15.9. The number of rotatable bonds is 8. The van der Waals surface area contributed by atoms with Crippen LogP contribution < -0.4 is 10.6 Å². The van der Waals surface area contributed by atoms with E-state index in [9.17, 15) is 9.18 Å². The number of carbonyl (C=O) groups is 1. The zero-order valence-corrected chi connectivity index (χ0v) is 15.9. The third kappa shape index (κ3) is 5.43. The van der Waals surface area contributed by atoms with Crippen LogP contribution in [0.3, 0.4) is 0 Å². The van der Waals surface area contributed by atoms with Gasteiger partial charge in [0, 0.05) is 25.4 Å². The molecule has 3 rings (SSSR count). The van der Waals surface area contributed by atoms with E-state index in [4.69, 9.17) is 5.26 Å². The number of nitrogens with one attached hydrogen (secondary N) is 2. The number of amides is 1. The van der Waals surface area contributed by atoms with Gasteiger partial charge in [0.2, 0.25) is 5.91 Å². The van der Waals surface area contributed by atoms with Crippen LogP contribution in [0, 0.1) is 17.1 Å². The van der Waals surface area contributed by atoms with Crippen LogP contribution in [-0.4, -0.2) is 19.0 Å². The number of halogens is 1. The molecule has 146 valence electrons. The molecule has 0 saturated carbocycles. The Morgan fingerprint density at radius 3 is 2.10 bits per heavy atom. The maximum Gasteiger partial charge on any atom is 0.221 e.